The summed E-state index contributed by atoms with van der Waals surface area (Å²) < 4.78 is 16.3. The largest absolute Gasteiger partial charge is 0.490 e. The van der Waals surface area contributed by atoms with Gasteiger partial charge in [-0.2, -0.15) is 0 Å². The van der Waals surface area contributed by atoms with E-state index in [0.717, 1.165) is 0 Å². The molecule has 0 heterocycles. The molecular formula is C15H22O5. The number of hydrogen-bond donors (Lipinski definition) is 1. The second-order valence-corrected chi connectivity index (χ2v) is 5.22. The van der Waals surface area contributed by atoms with Crippen LogP contribution in [0.1, 0.15) is 31.1 Å². The number of carbonyl (C=O) groups is 1. The SMILES string of the molecule is CC(C)(C)OCCOCCOc1ccccc1C(=O)O. The third-order valence-corrected chi connectivity index (χ3v) is 2.37. The molecule has 0 aliphatic carbocycles. The first-order chi connectivity index (χ1) is 9.40. The first kappa shape index (κ1) is 16.5. The fourth-order valence-corrected chi connectivity index (χ4v) is 1.49. The lowest BCUT2D eigenvalue weighted by atomic mass is 10.2. The first-order valence-electron chi connectivity index (χ1n) is 6.57. The molecule has 0 atom stereocenters. The molecule has 1 N–H and O–H groups in total. The Balaban J connectivity index is 2.20. The van der Waals surface area contributed by atoms with Crippen molar-refractivity contribution < 1.29 is 24.1 Å². The van der Waals surface area contributed by atoms with Gasteiger partial charge in [0.25, 0.3) is 0 Å². The van der Waals surface area contributed by atoms with Crippen molar-refractivity contribution in [2.75, 3.05) is 26.4 Å². The van der Waals surface area contributed by atoms with Crippen molar-refractivity contribution in [2.45, 2.75) is 26.4 Å². The van der Waals surface area contributed by atoms with Gasteiger partial charge in [0.05, 0.1) is 25.4 Å². The molecule has 0 spiro atoms. The number of rotatable bonds is 8. The van der Waals surface area contributed by atoms with E-state index < -0.39 is 5.97 Å². The topological polar surface area (TPSA) is 65.0 Å². The summed E-state index contributed by atoms with van der Waals surface area (Å²) in [6.45, 7) is 7.66. The lowest BCUT2D eigenvalue weighted by Crippen LogP contribution is -2.22. The predicted molar refractivity (Wildman–Crippen MR) is 75.4 cm³/mol. The zero-order valence-electron chi connectivity index (χ0n) is 12.2. The third-order valence-electron chi connectivity index (χ3n) is 2.37. The molecule has 0 amide bonds. The molecule has 0 fully saturated rings. The average Bonchev–Trinajstić information content (AvgIpc) is 2.36. The third kappa shape index (κ3) is 6.54. The summed E-state index contributed by atoms with van der Waals surface area (Å²) in [6, 6.07) is 6.54. The molecule has 0 saturated heterocycles. The summed E-state index contributed by atoms with van der Waals surface area (Å²) in [5.74, 6) is -0.644. The fraction of sp³-hybridized carbons (Fsp3) is 0.533. The molecule has 1 aromatic rings. The van der Waals surface area contributed by atoms with Crippen LogP contribution in [0.5, 0.6) is 5.75 Å². The maximum atomic E-state index is 11.0. The molecule has 0 aromatic heterocycles. The zero-order chi connectivity index (χ0) is 15.0. The highest BCUT2D eigenvalue weighted by molar-refractivity contribution is 5.90. The van der Waals surface area contributed by atoms with Crippen LogP contribution in [0.3, 0.4) is 0 Å². The number of hydrogen-bond acceptors (Lipinski definition) is 4. The van der Waals surface area contributed by atoms with Crippen LogP contribution in [0.4, 0.5) is 0 Å². The van der Waals surface area contributed by atoms with E-state index in [1.165, 1.54) is 6.07 Å². The standard InChI is InChI=1S/C15H22O5/c1-15(2,3)20-11-9-18-8-10-19-13-7-5-4-6-12(13)14(16)17/h4-7H,8-11H2,1-3H3,(H,16,17). The number of aromatic carboxylic acids is 1. The molecule has 0 bridgehead atoms. The van der Waals surface area contributed by atoms with Crippen LogP contribution in [0, 0.1) is 0 Å². The van der Waals surface area contributed by atoms with Gasteiger partial charge in [-0.3, -0.25) is 0 Å². The lowest BCUT2D eigenvalue weighted by molar-refractivity contribution is -0.0375. The van der Waals surface area contributed by atoms with Gasteiger partial charge in [-0.15, -0.1) is 0 Å². The maximum absolute atomic E-state index is 11.0. The molecular weight excluding hydrogens is 260 g/mol. The van der Waals surface area contributed by atoms with Crippen LogP contribution in [-0.4, -0.2) is 43.1 Å². The Morgan fingerprint density at radius 1 is 1.10 bits per heavy atom. The molecule has 0 saturated carbocycles. The minimum Gasteiger partial charge on any atom is -0.490 e. The minimum absolute atomic E-state index is 0.156. The van der Waals surface area contributed by atoms with Gasteiger partial charge in [0, 0.05) is 0 Å². The van der Waals surface area contributed by atoms with E-state index >= 15 is 0 Å². The van der Waals surface area contributed by atoms with Crippen molar-refractivity contribution in [3.8, 4) is 5.75 Å². The van der Waals surface area contributed by atoms with E-state index in [1.54, 1.807) is 18.2 Å². The Morgan fingerprint density at radius 3 is 2.40 bits per heavy atom. The number of benzene rings is 1. The van der Waals surface area contributed by atoms with Crippen LogP contribution in [0.15, 0.2) is 24.3 Å². The highest BCUT2D eigenvalue weighted by Gasteiger charge is 2.10. The molecule has 1 aromatic carbocycles. The summed E-state index contributed by atoms with van der Waals surface area (Å²) in [4.78, 5) is 11.0. The van der Waals surface area contributed by atoms with Crippen molar-refractivity contribution in [3.63, 3.8) is 0 Å². The van der Waals surface area contributed by atoms with Gasteiger partial charge in [-0.05, 0) is 32.9 Å². The van der Waals surface area contributed by atoms with Gasteiger partial charge in [0.15, 0.2) is 0 Å². The zero-order valence-corrected chi connectivity index (χ0v) is 12.2. The highest BCUT2D eigenvalue weighted by Crippen LogP contribution is 2.17. The molecule has 112 valence electrons. The highest BCUT2D eigenvalue weighted by atomic mass is 16.5. The van der Waals surface area contributed by atoms with Gasteiger partial charge in [-0.1, -0.05) is 12.1 Å². The smallest absolute Gasteiger partial charge is 0.339 e. The van der Waals surface area contributed by atoms with Gasteiger partial charge < -0.3 is 19.3 Å². The second kappa shape index (κ2) is 7.87. The van der Waals surface area contributed by atoms with Gasteiger partial charge in [-0.25, -0.2) is 4.79 Å². The van der Waals surface area contributed by atoms with Crippen LogP contribution in [0.2, 0.25) is 0 Å². The lowest BCUT2D eigenvalue weighted by Gasteiger charge is -2.19. The van der Waals surface area contributed by atoms with Gasteiger partial charge in [0.2, 0.25) is 0 Å². The summed E-state index contributed by atoms with van der Waals surface area (Å²) in [6.07, 6.45) is 0. The molecule has 0 unspecified atom stereocenters. The Morgan fingerprint density at radius 2 is 1.75 bits per heavy atom. The molecule has 0 radical (unpaired) electrons. The molecule has 20 heavy (non-hydrogen) atoms. The van der Waals surface area contributed by atoms with Crippen molar-refractivity contribution in [2.24, 2.45) is 0 Å². The van der Waals surface area contributed by atoms with Crippen LogP contribution in [0.25, 0.3) is 0 Å². The first-order valence-corrected chi connectivity index (χ1v) is 6.57. The van der Waals surface area contributed by atoms with E-state index in [1.807, 2.05) is 20.8 Å². The molecule has 0 aliphatic rings. The Labute approximate surface area is 119 Å². The molecule has 1 rings (SSSR count). The van der Waals surface area contributed by atoms with E-state index in [0.29, 0.717) is 32.2 Å². The van der Waals surface area contributed by atoms with Crippen LogP contribution in [-0.2, 0) is 9.47 Å². The van der Waals surface area contributed by atoms with Crippen molar-refractivity contribution in [1.82, 2.24) is 0 Å². The van der Waals surface area contributed by atoms with E-state index in [4.69, 9.17) is 19.3 Å². The number of para-hydroxylation sites is 1. The molecule has 5 nitrogen and oxygen atoms in total. The Hall–Kier alpha value is -1.59. The van der Waals surface area contributed by atoms with Crippen molar-refractivity contribution in [3.05, 3.63) is 29.8 Å². The number of carboxylic acids is 1. The van der Waals surface area contributed by atoms with Crippen molar-refractivity contribution in [1.29, 1.82) is 0 Å². The number of ether oxygens (including phenoxy) is 3. The predicted octanol–water partition coefficient (Wildman–Crippen LogP) is 2.60. The second-order valence-electron chi connectivity index (χ2n) is 5.22. The Bertz CT molecular complexity index is 423. The summed E-state index contributed by atoms with van der Waals surface area (Å²) in [5, 5.41) is 8.99. The maximum Gasteiger partial charge on any atom is 0.339 e. The molecule has 5 heteroatoms. The van der Waals surface area contributed by atoms with E-state index in [9.17, 15) is 4.79 Å². The normalized spacial score (nSPS) is 11.3. The summed E-state index contributed by atoms with van der Waals surface area (Å²) >= 11 is 0. The molecule has 0 aliphatic heterocycles. The van der Waals surface area contributed by atoms with E-state index in [2.05, 4.69) is 0 Å². The van der Waals surface area contributed by atoms with E-state index in [-0.39, 0.29) is 11.2 Å². The fourth-order valence-electron chi connectivity index (χ4n) is 1.49. The summed E-state index contributed by atoms with van der Waals surface area (Å²) in [7, 11) is 0. The minimum atomic E-state index is -1.000. The van der Waals surface area contributed by atoms with Crippen molar-refractivity contribution >= 4 is 5.97 Å². The van der Waals surface area contributed by atoms with Gasteiger partial charge >= 0.3 is 5.97 Å². The van der Waals surface area contributed by atoms with Crippen LogP contribution >= 0.6 is 0 Å². The summed E-state index contributed by atoms with van der Waals surface area (Å²) in [5.41, 5.74) is -0.0103. The van der Waals surface area contributed by atoms with Gasteiger partial charge in [0.1, 0.15) is 17.9 Å². The average molecular weight is 282 g/mol. The Kier molecular flexibility index (Phi) is 6.48. The van der Waals surface area contributed by atoms with Crippen LogP contribution < -0.4 is 4.74 Å². The number of carboxylic acid groups (broad SMARTS) is 1. The monoisotopic (exact) mass is 282 g/mol. The quantitative estimate of drug-likeness (QED) is 0.742.